The van der Waals surface area contributed by atoms with Gasteiger partial charge in [0.2, 0.25) is 0 Å². The predicted molar refractivity (Wildman–Crippen MR) is 50.3 cm³/mol. The average molecular weight is 193 g/mol. The Morgan fingerprint density at radius 3 is 2.67 bits per heavy atom. The highest BCUT2D eigenvalue weighted by Gasteiger charge is 2.16. The summed E-state index contributed by atoms with van der Waals surface area (Å²) in [6.07, 6.45) is 2.47. The van der Waals surface area contributed by atoms with Crippen LogP contribution in [0.2, 0.25) is 0 Å². The van der Waals surface area contributed by atoms with Gasteiger partial charge in [0, 0.05) is 12.6 Å². The summed E-state index contributed by atoms with van der Waals surface area (Å²) >= 11 is 5.14. The maximum Gasteiger partial charge on any atom is 0.0809 e. The number of halogens is 1. The number of hydrogen-bond acceptors (Lipinski definition) is 3. The summed E-state index contributed by atoms with van der Waals surface area (Å²) < 4.78 is 4.51. The van der Waals surface area contributed by atoms with Crippen molar-refractivity contribution in [2.75, 3.05) is 33.3 Å². The molecule has 1 aliphatic rings. The van der Waals surface area contributed by atoms with E-state index in [1.54, 1.807) is 0 Å². The second kappa shape index (κ2) is 5.75. The fraction of sp³-hybridized carbons (Fsp3) is 1.00. The summed E-state index contributed by atoms with van der Waals surface area (Å²) in [6.45, 7) is 3.91. The zero-order valence-corrected chi connectivity index (χ0v) is 8.31. The molecule has 0 aromatic carbocycles. The minimum Gasteiger partial charge on any atom is -0.317 e. The van der Waals surface area contributed by atoms with Gasteiger partial charge < -0.3 is 10.2 Å². The molecule has 0 aromatic rings. The summed E-state index contributed by atoms with van der Waals surface area (Å²) in [5, 5.41) is 3.30. The molecule has 0 saturated carbocycles. The first-order chi connectivity index (χ1) is 5.86. The molecule has 1 heterocycles. The highest BCUT2D eigenvalue weighted by atomic mass is 35.5. The van der Waals surface area contributed by atoms with Crippen molar-refractivity contribution < 1.29 is 4.29 Å². The van der Waals surface area contributed by atoms with Gasteiger partial charge in [-0.15, -0.1) is 0 Å². The summed E-state index contributed by atoms with van der Waals surface area (Å²) in [5.41, 5.74) is 0. The third-order valence-corrected chi connectivity index (χ3v) is 2.63. The smallest absolute Gasteiger partial charge is 0.0809 e. The van der Waals surface area contributed by atoms with Crippen molar-refractivity contribution in [3.63, 3.8) is 0 Å². The molecule has 1 saturated heterocycles. The average Bonchev–Trinajstić information content (AvgIpc) is 2.15. The van der Waals surface area contributed by atoms with Crippen LogP contribution in [0.15, 0.2) is 0 Å². The topological polar surface area (TPSA) is 24.5 Å². The minimum atomic E-state index is 0.631. The molecule has 0 radical (unpaired) electrons. The molecule has 72 valence electrons. The zero-order chi connectivity index (χ0) is 8.81. The normalized spacial score (nSPS) is 21.5. The number of hydrogen-bond donors (Lipinski definition) is 1. The monoisotopic (exact) mass is 192 g/mol. The molecular weight excluding hydrogens is 176 g/mol. The summed E-state index contributed by atoms with van der Waals surface area (Å²) in [7, 11) is 2.03. The van der Waals surface area contributed by atoms with Crippen LogP contribution in [0.4, 0.5) is 0 Å². The van der Waals surface area contributed by atoms with E-state index in [0.29, 0.717) is 12.6 Å². The lowest BCUT2D eigenvalue weighted by Crippen LogP contribution is -2.42. The van der Waals surface area contributed by atoms with Gasteiger partial charge in [0.1, 0.15) is 0 Å². The lowest BCUT2D eigenvalue weighted by atomic mass is 10.1. The third-order valence-electron chi connectivity index (χ3n) is 2.48. The van der Waals surface area contributed by atoms with Gasteiger partial charge in [0.15, 0.2) is 0 Å². The number of piperidine rings is 1. The minimum absolute atomic E-state index is 0.631. The summed E-state index contributed by atoms with van der Waals surface area (Å²) in [6, 6.07) is 0.707. The van der Waals surface area contributed by atoms with Crippen LogP contribution < -0.4 is 5.32 Å². The molecule has 0 aromatic heterocycles. The van der Waals surface area contributed by atoms with Crippen molar-refractivity contribution in [3.8, 4) is 0 Å². The maximum atomic E-state index is 5.14. The van der Waals surface area contributed by atoms with Crippen LogP contribution in [0.5, 0.6) is 0 Å². The molecule has 1 aliphatic heterocycles. The van der Waals surface area contributed by atoms with E-state index >= 15 is 0 Å². The number of likely N-dealkylation sites (tertiary alicyclic amines) is 1. The first kappa shape index (κ1) is 10.3. The molecule has 1 rings (SSSR count). The molecule has 0 unspecified atom stereocenters. The van der Waals surface area contributed by atoms with Crippen molar-refractivity contribution in [1.29, 1.82) is 0 Å². The van der Waals surface area contributed by atoms with Crippen LogP contribution in [0.3, 0.4) is 0 Å². The Kier molecular flexibility index (Phi) is 4.92. The van der Waals surface area contributed by atoms with E-state index in [4.69, 9.17) is 11.9 Å². The molecule has 0 bridgehead atoms. The maximum absolute atomic E-state index is 5.14. The number of nitrogens with zero attached hydrogens (tertiary/aromatic N) is 1. The molecule has 0 amide bonds. The van der Waals surface area contributed by atoms with Crippen molar-refractivity contribution in [1.82, 2.24) is 10.2 Å². The van der Waals surface area contributed by atoms with Gasteiger partial charge in [0.05, 0.1) is 18.5 Å². The summed E-state index contributed by atoms with van der Waals surface area (Å²) in [5.74, 6) is 0. The first-order valence-corrected chi connectivity index (χ1v) is 4.81. The standard InChI is InChI=1S/C8H17ClN2O/c1-10-8-2-4-11(5-3-8)6-7-12-9/h8,10H,2-7H2,1H3. The fourth-order valence-corrected chi connectivity index (χ4v) is 1.68. The second-order valence-electron chi connectivity index (χ2n) is 3.22. The highest BCUT2D eigenvalue weighted by Crippen LogP contribution is 2.08. The van der Waals surface area contributed by atoms with E-state index in [-0.39, 0.29) is 0 Å². The SMILES string of the molecule is CNC1CCN(CCOCl)CC1. The van der Waals surface area contributed by atoms with Crippen LogP contribution in [-0.4, -0.2) is 44.2 Å². The van der Waals surface area contributed by atoms with Crippen molar-refractivity contribution in [2.45, 2.75) is 18.9 Å². The van der Waals surface area contributed by atoms with Gasteiger partial charge >= 0.3 is 0 Å². The third kappa shape index (κ3) is 3.27. The van der Waals surface area contributed by atoms with Gasteiger partial charge in [0.25, 0.3) is 0 Å². The van der Waals surface area contributed by atoms with E-state index in [0.717, 1.165) is 19.6 Å². The Morgan fingerprint density at radius 1 is 1.50 bits per heavy atom. The Bertz CT molecular complexity index is 116. The largest absolute Gasteiger partial charge is 0.317 e. The van der Waals surface area contributed by atoms with Crippen molar-refractivity contribution in [3.05, 3.63) is 0 Å². The molecular formula is C8H17ClN2O. The van der Waals surface area contributed by atoms with Crippen LogP contribution >= 0.6 is 11.9 Å². The van der Waals surface area contributed by atoms with Gasteiger partial charge in [-0.3, -0.25) is 4.29 Å². The Hall–Kier alpha value is 0.170. The Balaban J connectivity index is 2.09. The second-order valence-corrected chi connectivity index (χ2v) is 3.44. The molecule has 0 spiro atoms. The molecule has 12 heavy (non-hydrogen) atoms. The molecule has 3 nitrogen and oxygen atoms in total. The van der Waals surface area contributed by atoms with Crippen molar-refractivity contribution >= 4 is 11.9 Å². The van der Waals surface area contributed by atoms with E-state index in [9.17, 15) is 0 Å². The summed E-state index contributed by atoms with van der Waals surface area (Å²) in [4.78, 5) is 2.39. The van der Waals surface area contributed by atoms with Gasteiger partial charge in [-0.05, 0) is 33.0 Å². The van der Waals surface area contributed by atoms with Gasteiger partial charge in [-0.1, -0.05) is 0 Å². The van der Waals surface area contributed by atoms with E-state index in [1.165, 1.54) is 12.8 Å². The Morgan fingerprint density at radius 2 is 2.17 bits per heavy atom. The highest BCUT2D eigenvalue weighted by molar-refractivity contribution is 6.07. The van der Waals surface area contributed by atoms with E-state index in [1.807, 2.05) is 7.05 Å². The van der Waals surface area contributed by atoms with E-state index < -0.39 is 0 Å². The first-order valence-electron chi connectivity index (χ1n) is 4.50. The number of nitrogens with one attached hydrogen (secondary N) is 1. The van der Waals surface area contributed by atoms with E-state index in [2.05, 4.69) is 14.5 Å². The molecule has 1 N–H and O–H groups in total. The Labute approximate surface area is 79.2 Å². The van der Waals surface area contributed by atoms with Crippen LogP contribution in [0.25, 0.3) is 0 Å². The fourth-order valence-electron chi connectivity index (χ4n) is 1.61. The van der Waals surface area contributed by atoms with Crippen LogP contribution in [0.1, 0.15) is 12.8 Å². The lowest BCUT2D eigenvalue weighted by Gasteiger charge is -2.31. The lowest BCUT2D eigenvalue weighted by molar-refractivity contribution is 0.172. The zero-order valence-electron chi connectivity index (χ0n) is 7.55. The molecule has 0 aliphatic carbocycles. The van der Waals surface area contributed by atoms with Gasteiger partial charge in [-0.25, -0.2) is 0 Å². The number of rotatable bonds is 4. The van der Waals surface area contributed by atoms with Crippen LogP contribution in [0, 0.1) is 0 Å². The van der Waals surface area contributed by atoms with Crippen molar-refractivity contribution in [2.24, 2.45) is 0 Å². The molecule has 1 fully saturated rings. The molecule has 0 atom stereocenters. The quantitative estimate of drug-likeness (QED) is 0.715. The molecule has 4 heteroatoms. The van der Waals surface area contributed by atoms with Gasteiger partial charge in [-0.2, -0.15) is 0 Å². The predicted octanol–water partition coefficient (Wildman–Crippen LogP) is 0.841. The van der Waals surface area contributed by atoms with Crippen LogP contribution in [-0.2, 0) is 4.29 Å².